The van der Waals surface area contributed by atoms with E-state index in [1.165, 1.54) is 0 Å². The van der Waals surface area contributed by atoms with E-state index in [4.69, 9.17) is 0 Å². The van der Waals surface area contributed by atoms with Gasteiger partial charge in [-0.05, 0) is 29.3 Å². The number of aromatic nitrogens is 3. The first kappa shape index (κ1) is 13.1. The number of nitrogens with one attached hydrogen (secondary N) is 2. The van der Waals surface area contributed by atoms with Gasteiger partial charge in [-0.2, -0.15) is 5.10 Å². The van der Waals surface area contributed by atoms with E-state index in [0.717, 1.165) is 11.1 Å². The molecule has 2 heterocycles. The smallest absolute Gasteiger partial charge is 0.270 e. The third-order valence-corrected chi connectivity index (χ3v) is 3.19. The summed E-state index contributed by atoms with van der Waals surface area (Å²) in [6.07, 6.45) is 4.99. The molecule has 1 unspecified atom stereocenters. The largest absolute Gasteiger partial charge is 0.340 e. The fourth-order valence-corrected chi connectivity index (χ4v) is 2.15. The average Bonchev–Trinajstić information content (AvgIpc) is 3.09. The van der Waals surface area contributed by atoms with Gasteiger partial charge >= 0.3 is 0 Å². The quantitative estimate of drug-likeness (QED) is 0.769. The van der Waals surface area contributed by atoms with Gasteiger partial charge in [0.05, 0.1) is 6.04 Å². The molecule has 0 aliphatic heterocycles. The number of benzene rings is 1. The summed E-state index contributed by atoms with van der Waals surface area (Å²) >= 11 is 0. The van der Waals surface area contributed by atoms with Gasteiger partial charge in [-0.25, -0.2) is 0 Å². The van der Waals surface area contributed by atoms with E-state index in [2.05, 4.69) is 20.5 Å². The topological polar surface area (TPSA) is 70.7 Å². The summed E-state index contributed by atoms with van der Waals surface area (Å²) in [6, 6.07) is 15.0. The lowest BCUT2D eigenvalue weighted by Gasteiger charge is -2.19. The first-order valence-corrected chi connectivity index (χ1v) is 6.60. The molecule has 0 radical (unpaired) electrons. The van der Waals surface area contributed by atoms with Crippen LogP contribution in [0, 0.1) is 0 Å². The van der Waals surface area contributed by atoms with Crippen LogP contribution >= 0.6 is 0 Å². The molecule has 2 aromatic heterocycles. The molecule has 0 saturated heterocycles. The average molecular weight is 278 g/mol. The summed E-state index contributed by atoms with van der Waals surface area (Å²) in [7, 11) is 0. The van der Waals surface area contributed by atoms with E-state index < -0.39 is 0 Å². The molecular formula is C16H14N4O. The van der Waals surface area contributed by atoms with Crippen LogP contribution in [0.1, 0.15) is 27.7 Å². The minimum atomic E-state index is -0.231. The molecule has 3 aromatic rings. The Morgan fingerprint density at radius 3 is 2.33 bits per heavy atom. The molecule has 1 atom stereocenters. The lowest BCUT2D eigenvalue weighted by Crippen LogP contribution is -2.29. The second-order valence-corrected chi connectivity index (χ2v) is 4.57. The molecule has 0 bridgehead atoms. The third-order valence-electron chi connectivity index (χ3n) is 3.19. The molecular weight excluding hydrogens is 264 g/mol. The van der Waals surface area contributed by atoms with Gasteiger partial charge in [0.15, 0.2) is 0 Å². The number of hydrogen-bond acceptors (Lipinski definition) is 3. The molecule has 0 aliphatic carbocycles. The summed E-state index contributed by atoms with van der Waals surface area (Å²) in [6.45, 7) is 0. The van der Waals surface area contributed by atoms with E-state index >= 15 is 0 Å². The van der Waals surface area contributed by atoms with Crippen molar-refractivity contribution in [3.05, 3.63) is 83.9 Å². The lowest BCUT2D eigenvalue weighted by molar-refractivity contribution is 0.0938. The van der Waals surface area contributed by atoms with Gasteiger partial charge in [0.1, 0.15) is 5.69 Å². The van der Waals surface area contributed by atoms with Crippen molar-refractivity contribution in [2.45, 2.75) is 6.04 Å². The van der Waals surface area contributed by atoms with Crippen LogP contribution < -0.4 is 5.32 Å². The van der Waals surface area contributed by atoms with Crippen LogP contribution in [0.4, 0.5) is 0 Å². The Morgan fingerprint density at radius 2 is 1.67 bits per heavy atom. The zero-order valence-corrected chi connectivity index (χ0v) is 11.2. The van der Waals surface area contributed by atoms with Gasteiger partial charge in [0.2, 0.25) is 0 Å². The molecule has 5 heteroatoms. The summed E-state index contributed by atoms with van der Waals surface area (Å²) in [4.78, 5) is 16.3. The molecule has 0 spiro atoms. The zero-order chi connectivity index (χ0) is 14.5. The highest BCUT2D eigenvalue weighted by molar-refractivity contribution is 5.92. The molecule has 0 fully saturated rings. The molecule has 0 aliphatic rings. The maximum atomic E-state index is 12.3. The molecule has 2 N–H and O–H groups in total. The van der Waals surface area contributed by atoms with Gasteiger partial charge in [-0.3, -0.25) is 14.9 Å². The number of amides is 1. The number of carbonyl (C=O) groups excluding carboxylic acids is 1. The Morgan fingerprint density at radius 1 is 0.952 bits per heavy atom. The lowest BCUT2D eigenvalue weighted by atomic mass is 9.99. The van der Waals surface area contributed by atoms with Gasteiger partial charge in [0, 0.05) is 18.6 Å². The predicted octanol–water partition coefficient (Wildman–Crippen LogP) is 2.32. The Bertz CT molecular complexity index is 656. The second kappa shape index (κ2) is 6.00. The Kier molecular flexibility index (Phi) is 3.73. The highest BCUT2D eigenvalue weighted by Gasteiger charge is 2.18. The van der Waals surface area contributed by atoms with Crippen molar-refractivity contribution < 1.29 is 4.79 Å². The van der Waals surface area contributed by atoms with Crippen molar-refractivity contribution in [2.75, 3.05) is 0 Å². The van der Waals surface area contributed by atoms with Crippen LogP contribution in [0.2, 0.25) is 0 Å². The van der Waals surface area contributed by atoms with Crippen LogP contribution in [0.15, 0.2) is 67.1 Å². The number of H-pyrrole nitrogens is 1. The van der Waals surface area contributed by atoms with Gasteiger partial charge < -0.3 is 5.32 Å². The molecule has 104 valence electrons. The number of rotatable bonds is 4. The van der Waals surface area contributed by atoms with Crippen LogP contribution in [0.25, 0.3) is 0 Å². The van der Waals surface area contributed by atoms with Crippen molar-refractivity contribution in [3.8, 4) is 0 Å². The fraction of sp³-hybridized carbons (Fsp3) is 0.0625. The summed E-state index contributed by atoms with van der Waals surface area (Å²) in [5, 5.41) is 9.49. The maximum absolute atomic E-state index is 12.3. The molecule has 1 aromatic carbocycles. The number of aromatic amines is 1. The highest BCUT2D eigenvalue weighted by Crippen LogP contribution is 2.21. The first-order valence-electron chi connectivity index (χ1n) is 6.60. The molecule has 1 amide bonds. The molecule has 21 heavy (non-hydrogen) atoms. The molecule has 0 saturated carbocycles. The maximum Gasteiger partial charge on any atom is 0.270 e. The van der Waals surface area contributed by atoms with Crippen molar-refractivity contribution in [2.24, 2.45) is 0 Å². The third kappa shape index (κ3) is 2.97. The van der Waals surface area contributed by atoms with Crippen LogP contribution in [-0.4, -0.2) is 21.1 Å². The van der Waals surface area contributed by atoms with Gasteiger partial charge in [0.25, 0.3) is 5.91 Å². The van der Waals surface area contributed by atoms with E-state index in [0.29, 0.717) is 5.69 Å². The first-order chi connectivity index (χ1) is 10.3. The standard InChI is InChI=1S/C16H14N4O/c21-16(14-8-11-18-20-14)19-15(12-4-2-1-3-5-12)13-6-9-17-10-7-13/h1-11,15H,(H,18,20)(H,19,21). The molecule has 5 nitrogen and oxygen atoms in total. The monoisotopic (exact) mass is 278 g/mol. The van der Waals surface area contributed by atoms with Crippen molar-refractivity contribution >= 4 is 5.91 Å². The number of nitrogens with zero attached hydrogens (tertiary/aromatic N) is 2. The Hall–Kier alpha value is -2.95. The van der Waals surface area contributed by atoms with E-state index in [9.17, 15) is 4.79 Å². The van der Waals surface area contributed by atoms with E-state index in [1.54, 1.807) is 24.7 Å². The van der Waals surface area contributed by atoms with Crippen molar-refractivity contribution in [1.82, 2.24) is 20.5 Å². The number of pyridine rings is 1. The number of carbonyl (C=O) groups is 1. The highest BCUT2D eigenvalue weighted by atomic mass is 16.2. The van der Waals surface area contributed by atoms with Crippen molar-refractivity contribution in [3.63, 3.8) is 0 Å². The van der Waals surface area contributed by atoms with Crippen LogP contribution in [-0.2, 0) is 0 Å². The zero-order valence-electron chi connectivity index (χ0n) is 11.2. The predicted molar refractivity (Wildman–Crippen MR) is 78.6 cm³/mol. The second-order valence-electron chi connectivity index (χ2n) is 4.57. The minimum absolute atomic E-state index is 0.196. The fourth-order valence-electron chi connectivity index (χ4n) is 2.15. The van der Waals surface area contributed by atoms with Gasteiger partial charge in [-0.1, -0.05) is 30.3 Å². The number of hydrogen-bond donors (Lipinski definition) is 2. The molecule has 3 rings (SSSR count). The van der Waals surface area contributed by atoms with Gasteiger partial charge in [-0.15, -0.1) is 0 Å². The Balaban J connectivity index is 1.92. The minimum Gasteiger partial charge on any atom is -0.340 e. The Labute approximate surface area is 122 Å². The van der Waals surface area contributed by atoms with E-state index in [1.807, 2.05) is 42.5 Å². The summed E-state index contributed by atoms with van der Waals surface area (Å²) < 4.78 is 0. The SMILES string of the molecule is O=C(NC(c1ccccc1)c1ccncc1)c1ccn[nH]1. The normalized spacial score (nSPS) is 11.8. The summed E-state index contributed by atoms with van der Waals surface area (Å²) in [5.74, 6) is -0.196. The summed E-state index contributed by atoms with van der Waals surface area (Å²) in [5.41, 5.74) is 2.42. The van der Waals surface area contributed by atoms with Crippen LogP contribution in [0.5, 0.6) is 0 Å². The van der Waals surface area contributed by atoms with Crippen LogP contribution in [0.3, 0.4) is 0 Å². The van der Waals surface area contributed by atoms with Crippen molar-refractivity contribution in [1.29, 1.82) is 0 Å². The van der Waals surface area contributed by atoms with E-state index in [-0.39, 0.29) is 11.9 Å².